The van der Waals surface area contributed by atoms with E-state index in [4.69, 9.17) is 16.3 Å². The zero-order valence-corrected chi connectivity index (χ0v) is 27.8. The SMILES string of the molecule is COc1ccc(-c2cc3c(cn2)CCc2c-3[nH]c3c2C(=O)NC2(CC2)C3)cn1.O=C1NC2(CC2)Cc2[nH]c3c(c21)CCc1cnc(Cl)cc1-3. The Hall–Kier alpha value is -4.96. The van der Waals surface area contributed by atoms with Gasteiger partial charge in [0, 0.05) is 76.7 Å². The van der Waals surface area contributed by atoms with Gasteiger partial charge in [0.05, 0.1) is 35.3 Å². The van der Waals surface area contributed by atoms with Gasteiger partial charge in [-0.25, -0.2) is 9.97 Å². The average molecular weight is 672 g/mol. The second-order valence-corrected chi connectivity index (χ2v) is 14.9. The number of nitrogens with one attached hydrogen (secondary N) is 4. The summed E-state index contributed by atoms with van der Waals surface area (Å²) in [5.41, 5.74) is 14.9. The number of amides is 2. The van der Waals surface area contributed by atoms with Crippen molar-refractivity contribution in [3.63, 3.8) is 0 Å². The monoisotopic (exact) mass is 671 g/mol. The molecular formula is C38H34ClN7O3. The molecule has 2 saturated carbocycles. The Labute approximate surface area is 287 Å². The van der Waals surface area contributed by atoms with Crippen LogP contribution in [-0.4, -0.2) is 54.9 Å². The van der Waals surface area contributed by atoms with Crippen LogP contribution >= 0.6 is 11.6 Å². The van der Waals surface area contributed by atoms with Crippen molar-refractivity contribution in [2.75, 3.05) is 7.11 Å². The number of nitrogens with zero attached hydrogens (tertiary/aromatic N) is 3. The van der Waals surface area contributed by atoms with Crippen molar-refractivity contribution in [2.45, 2.75) is 75.3 Å². The van der Waals surface area contributed by atoms with Crippen LogP contribution < -0.4 is 15.4 Å². The zero-order valence-electron chi connectivity index (χ0n) is 27.1. The number of ether oxygens (including phenoxy) is 1. The van der Waals surface area contributed by atoms with Gasteiger partial charge in [0.1, 0.15) is 5.15 Å². The molecule has 4 aliphatic carbocycles. The number of rotatable bonds is 2. The van der Waals surface area contributed by atoms with Crippen molar-refractivity contribution in [3.05, 3.63) is 92.8 Å². The summed E-state index contributed by atoms with van der Waals surface area (Å²) in [7, 11) is 1.61. The van der Waals surface area contributed by atoms with E-state index in [-0.39, 0.29) is 22.9 Å². The lowest BCUT2D eigenvalue weighted by molar-refractivity contribution is 0.0908. The van der Waals surface area contributed by atoms with Gasteiger partial charge in [-0.05, 0) is 91.8 Å². The highest BCUT2D eigenvalue weighted by Crippen LogP contribution is 2.47. The number of carbonyl (C=O) groups excluding carboxylic acids is 2. The molecule has 0 unspecified atom stereocenters. The summed E-state index contributed by atoms with van der Waals surface area (Å²) >= 11 is 6.05. The second-order valence-electron chi connectivity index (χ2n) is 14.5. The van der Waals surface area contributed by atoms with E-state index in [1.165, 1.54) is 11.1 Å². The van der Waals surface area contributed by atoms with Gasteiger partial charge in [-0.3, -0.25) is 14.6 Å². The van der Waals surface area contributed by atoms with E-state index in [2.05, 4.69) is 41.6 Å². The molecule has 10 nitrogen and oxygen atoms in total. The molecule has 0 radical (unpaired) electrons. The predicted octanol–water partition coefficient (Wildman–Crippen LogP) is 5.71. The van der Waals surface area contributed by atoms with Gasteiger partial charge < -0.3 is 25.3 Å². The number of hydrogen-bond acceptors (Lipinski definition) is 6. The van der Waals surface area contributed by atoms with Gasteiger partial charge in [0.2, 0.25) is 5.88 Å². The molecule has 6 aliphatic rings. The summed E-state index contributed by atoms with van der Waals surface area (Å²) in [5, 5.41) is 6.93. The molecule has 0 saturated heterocycles. The number of aryl methyl sites for hydroxylation is 2. The van der Waals surface area contributed by atoms with Crippen molar-refractivity contribution < 1.29 is 14.3 Å². The molecule has 0 atom stereocenters. The highest BCUT2D eigenvalue weighted by molar-refractivity contribution is 6.29. The van der Waals surface area contributed by atoms with Crippen LogP contribution in [0.5, 0.6) is 5.88 Å². The van der Waals surface area contributed by atoms with E-state index in [0.717, 1.165) is 132 Å². The fourth-order valence-electron chi connectivity index (χ4n) is 8.38. The minimum absolute atomic E-state index is 0.0124. The third kappa shape index (κ3) is 4.64. The van der Waals surface area contributed by atoms with Crippen molar-refractivity contribution in [2.24, 2.45) is 0 Å². The molecule has 0 bridgehead atoms. The molecule has 2 spiro atoms. The van der Waals surface area contributed by atoms with Gasteiger partial charge in [0.25, 0.3) is 11.8 Å². The van der Waals surface area contributed by atoms with Crippen molar-refractivity contribution >= 4 is 23.4 Å². The van der Waals surface area contributed by atoms with E-state index in [1.807, 2.05) is 30.6 Å². The first kappa shape index (κ1) is 29.0. The topological polar surface area (TPSA) is 138 Å². The predicted molar refractivity (Wildman–Crippen MR) is 184 cm³/mol. The van der Waals surface area contributed by atoms with Gasteiger partial charge >= 0.3 is 0 Å². The highest BCUT2D eigenvalue weighted by Gasteiger charge is 2.50. The Morgan fingerprint density at radius 3 is 1.82 bits per heavy atom. The van der Waals surface area contributed by atoms with Gasteiger partial charge in [-0.2, -0.15) is 0 Å². The third-order valence-electron chi connectivity index (χ3n) is 11.3. The number of halogens is 1. The van der Waals surface area contributed by atoms with Crippen LogP contribution in [0.4, 0.5) is 0 Å². The molecule has 7 heterocycles. The number of aromatic nitrogens is 5. The summed E-state index contributed by atoms with van der Waals surface area (Å²) in [6.07, 6.45) is 15.3. The minimum Gasteiger partial charge on any atom is -0.481 e. The second kappa shape index (κ2) is 10.3. The highest BCUT2D eigenvalue weighted by atomic mass is 35.5. The first-order chi connectivity index (χ1) is 23.8. The van der Waals surface area contributed by atoms with Crippen LogP contribution in [0.1, 0.15) is 80.0 Å². The van der Waals surface area contributed by atoms with Gasteiger partial charge in [-0.15, -0.1) is 0 Å². The normalized spacial score (nSPS) is 19.1. The molecule has 246 valence electrons. The zero-order chi connectivity index (χ0) is 33.1. The Balaban J connectivity index is 0.000000130. The van der Waals surface area contributed by atoms with Crippen molar-refractivity contribution in [3.8, 4) is 39.7 Å². The van der Waals surface area contributed by atoms with Crippen LogP contribution in [0.15, 0.2) is 42.9 Å². The van der Waals surface area contributed by atoms with Crippen molar-refractivity contribution in [1.29, 1.82) is 0 Å². The van der Waals surface area contributed by atoms with E-state index in [9.17, 15) is 9.59 Å². The molecule has 2 fully saturated rings. The Morgan fingerprint density at radius 2 is 1.29 bits per heavy atom. The molecule has 11 heteroatoms. The number of hydrogen-bond donors (Lipinski definition) is 4. The summed E-state index contributed by atoms with van der Waals surface area (Å²) < 4.78 is 5.15. The number of fused-ring (bicyclic) bond motifs is 10. The number of aromatic amines is 2. The Kier molecular flexibility index (Phi) is 6.08. The van der Waals surface area contributed by atoms with E-state index in [0.29, 0.717) is 11.0 Å². The standard InChI is InChI=1S/C22H20N4O2.C16H14ClN3O/c1-28-18-5-3-13(11-24-18)16-8-15-12(10-23-16)2-4-14-19-17(25-20(14)15)9-22(6-7-22)26-21(19)27;17-12-5-10-8(7-18-12)1-2-9-13-11(19-14(9)10)6-16(3-4-16)20-15(13)21/h3,5,8,10-11,25H,2,4,6-7,9H2,1H3,(H,26,27);5,7,19H,1-4,6H2,(H,20,21). The van der Waals surface area contributed by atoms with E-state index >= 15 is 0 Å². The number of pyridine rings is 3. The minimum atomic E-state index is 0.0124. The maximum atomic E-state index is 12.8. The molecule has 2 amide bonds. The molecule has 4 N–H and O–H groups in total. The molecule has 49 heavy (non-hydrogen) atoms. The summed E-state index contributed by atoms with van der Waals surface area (Å²) in [4.78, 5) is 45.5. The first-order valence-corrected chi connectivity index (χ1v) is 17.5. The number of methoxy groups -OCH3 is 1. The molecular weight excluding hydrogens is 638 g/mol. The lowest BCUT2D eigenvalue weighted by Gasteiger charge is -2.24. The van der Waals surface area contributed by atoms with Crippen LogP contribution in [0.2, 0.25) is 5.15 Å². The number of carbonyl (C=O) groups is 2. The molecule has 2 aliphatic heterocycles. The van der Waals surface area contributed by atoms with Crippen molar-refractivity contribution in [1.82, 2.24) is 35.6 Å². The lowest BCUT2D eigenvalue weighted by Crippen LogP contribution is -2.43. The largest absolute Gasteiger partial charge is 0.481 e. The van der Waals surface area contributed by atoms with Crippen LogP contribution in [0, 0.1) is 0 Å². The fraction of sp³-hybridized carbons (Fsp3) is 0.342. The van der Waals surface area contributed by atoms with Crippen LogP contribution in [0.3, 0.4) is 0 Å². The lowest BCUT2D eigenvalue weighted by atomic mass is 9.87. The van der Waals surface area contributed by atoms with E-state index < -0.39 is 0 Å². The molecule has 0 aromatic carbocycles. The van der Waals surface area contributed by atoms with Gasteiger partial charge in [0.15, 0.2) is 0 Å². The molecule has 5 aromatic heterocycles. The summed E-state index contributed by atoms with van der Waals surface area (Å²) in [5.74, 6) is 0.768. The maximum absolute atomic E-state index is 12.8. The Morgan fingerprint density at radius 1 is 0.714 bits per heavy atom. The summed E-state index contributed by atoms with van der Waals surface area (Å²) in [6.45, 7) is 0. The van der Waals surface area contributed by atoms with Crippen LogP contribution in [-0.2, 0) is 38.5 Å². The maximum Gasteiger partial charge on any atom is 0.253 e. The smallest absolute Gasteiger partial charge is 0.253 e. The fourth-order valence-corrected chi connectivity index (χ4v) is 8.54. The first-order valence-electron chi connectivity index (χ1n) is 17.1. The third-order valence-corrected chi connectivity index (χ3v) is 11.5. The average Bonchev–Trinajstić information content (AvgIpc) is 3.95. The van der Waals surface area contributed by atoms with Gasteiger partial charge in [-0.1, -0.05) is 11.6 Å². The summed E-state index contributed by atoms with van der Waals surface area (Å²) in [6, 6.07) is 7.83. The Bertz CT molecular complexity index is 2240. The number of H-pyrrole nitrogens is 2. The quantitative estimate of drug-likeness (QED) is 0.177. The molecule has 11 rings (SSSR count). The molecule has 5 aromatic rings. The van der Waals surface area contributed by atoms with Crippen LogP contribution in [0.25, 0.3) is 33.8 Å². The van der Waals surface area contributed by atoms with E-state index in [1.54, 1.807) is 13.3 Å².